The van der Waals surface area contributed by atoms with Gasteiger partial charge in [-0.25, -0.2) is 0 Å². The third-order valence-corrected chi connectivity index (χ3v) is 11.6. The van der Waals surface area contributed by atoms with Crippen molar-refractivity contribution in [2.24, 2.45) is 0 Å². The number of fused-ring (bicyclic) bond motifs is 12. The lowest BCUT2D eigenvalue weighted by atomic mass is 9.81. The predicted molar refractivity (Wildman–Crippen MR) is 209 cm³/mol. The molecular weight excluding hydrogens is 591 g/mol. The molecular formula is C48H37N. The molecule has 0 radical (unpaired) electrons. The number of benzene rings is 8. The van der Waals surface area contributed by atoms with Crippen LogP contribution in [0.3, 0.4) is 0 Å². The van der Waals surface area contributed by atoms with Crippen molar-refractivity contribution in [2.45, 2.75) is 38.5 Å². The second kappa shape index (κ2) is 9.94. The van der Waals surface area contributed by atoms with Gasteiger partial charge in [0.05, 0.1) is 5.69 Å². The largest absolute Gasteiger partial charge is 0.310 e. The van der Waals surface area contributed by atoms with Crippen molar-refractivity contribution in [3.63, 3.8) is 0 Å². The van der Waals surface area contributed by atoms with Crippen LogP contribution in [0.25, 0.3) is 54.6 Å². The summed E-state index contributed by atoms with van der Waals surface area (Å²) in [6, 6.07) is 56.8. The zero-order valence-corrected chi connectivity index (χ0v) is 28.4. The van der Waals surface area contributed by atoms with Gasteiger partial charge < -0.3 is 4.90 Å². The summed E-state index contributed by atoms with van der Waals surface area (Å²) in [4.78, 5) is 2.54. The monoisotopic (exact) mass is 627 g/mol. The third kappa shape index (κ3) is 3.82. The number of hydrogen-bond donors (Lipinski definition) is 0. The molecule has 49 heavy (non-hydrogen) atoms. The van der Waals surface area contributed by atoms with Crippen molar-refractivity contribution in [3.05, 3.63) is 174 Å². The number of nitrogens with zero attached hydrogens (tertiary/aromatic N) is 1. The van der Waals surface area contributed by atoms with Crippen LogP contribution in [0.5, 0.6) is 0 Å². The fourth-order valence-corrected chi connectivity index (χ4v) is 9.30. The average Bonchev–Trinajstić information content (AvgIpc) is 3.52. The van der Waals surface area contributed by atoms with Crippen molar-refractivity contribution in [3.8, 4) is 22.3 Å². The van der Waals surface area contributed by atoms with Crippen molar-refractivity contribution in [1.29, 1.82) is 0 Å². The van der Waals surface area contributed by atoms with E-state index in [2.05, 4.69) is 184 Å². The van der Waals surface area contributed by atoms with Gasteiger partial charge in [-0.2, -0.15) is 0 Å². The maximum Gasteiger partial charge on any atom is 0.0508 e. The topological polar surface area (TPSA) is 3.24 Å². The van der Waals surface area contributed by atoms with Crippen LogP contribution < -0.4 is 4.90 Å². The maximum atomic E-state index is 2.54. The molecule has 234 valence electrons. The minimum Gasteiger partial charge on any atom is -0.310 e. The maximum absolute atomic E-state index is 2.54. The third-order valence-electron chi connectivity index (χ3n) is 11.6. The quantitative estimate of drug-likeness (QED) is 0.176. The Kier molecular flexibility index (Phi) is 5.75. The molecule has 8 aromatic rings. The Morgan fingerprint density at radius 1 is 0.347 bits per heavy atom. The summed E-state index contributed by atoms with van der Waals surface area (Å²) in [6.07, 6.45) is 0. The first-order valence-corrected chi connectivity index (χ1v) is 17.5. The lowest BCUT2D eigenvalue weighted by molar-refractivity contribution is 0.658. The van der Waals surface area contributed by atoms with Crippen LogP contribution in [0.15, 0.2) is 152 Å². The minimum atomic E-state index is -0.160. The lowest BCUT2D eigenvalue weighted by Crippen LogP contribution is -2.21. The smallest absolute Gasteiger partial charge is 0.0508 e. The van der Waals surface area contributed by atoms with Crippen LogP contribution in [0.1, 0.15) is 49.9 Å². The molecule has 0 aromatic heterocycles. The van der Waals surface area contributed by atoms with Crippen LogP contribution in [0.2, 0.25) is 0 Å². The van der Waals surface area contributed by atoms with Gasteiger partial charge in [0.1, 0.15) is 0 Å². The number of anilines is 3. The highest BCUT2D eigenvalue weighted by Crippen LogP contribution is 2.56. The molecule has 0 bridgehead atoms. The summed E-state index contributed by atoms with van der Waals surface area (Å²) < 4.78 is 0. The average molecular weight is 628 g/mol. The Labute approximate surface area is 288 Å². The van der Waals surface area contributed by atoms with E-state index >= 15 is 0 Å². The van der Waals surface area contributed by atoms with Gasteiger partial charge in [-0.1, -0.05) is 149 Å². The fourth-order valence-electron chi connectivity index (χ4n) is 9.30. The van der Waals surface area contributed by atoms with Crippen molar-refractivity contribution >= 4 is 49.4 Å². The second-order valence-corrected chi connectivity index (χ2v) is 14.9. The van der Waals surface area contributed by atoms with Gasteiger partial charge in [0, 0.05) is 22.2 Å². The molecule has 0 heterocycles. The molecule has 0 saturated heterocycles. The molecule has 2 aliphatic carbocycles. The van der Waals surface area contributed by atoms with E-state index < -0.39 is 0 Å². The molecule has 0 fully saturated rings. The van der Waals surface area contributed by atoms with Crippen molar-refractivity contribution in [1.82, 2.24) is 0 Å². The fraction of sp³-hybridized carbons (Fsp3) is 0.125. The Morgan fingerprint density at radius 2 is 0.816 bits per heavy atom. The molecule has 1 nitrogen and oxygen atoms in total. The first kappa shape index (κ1) is 28.4. The summed E-state index contributed by atoms with van der Waals surface area (Å²) >= 11 is 0. The number of rotatable bonds is 3. The lowest BCUT2D eigenvalue weighted by Gasteiger charge is -2.33. The van der Waals surface area contributed by atoms with Gasteiger partial charge in [-0.15, -0.1) is 0 Å². The molecule has 0 amide bonds. The molecule has 0 N–H and O–H groups in total. The van der Waals surface area contributed by atoms with Crippen LogP contribution >= 0.6 is 0 Å². The molecule has 0 spiro atoms. The van der Waals surface area contributed by atoms with E-state index in [1.807, 2.05) is 0 Å². The Balaban J connectivity index is 1.28. The van der Waals surface area contributed by atoms with E-state index in [0.29, 0.717) is 0 Å². The summed E-state index contributed by atoms with van der Waals surface area (Å²) in [7, 11) is 0. The molecule has 0 unspecified atom stereocenters. The molecule has 0 aliphatic heterocycles. The second-order valence-electron chi connectivity index (χ2n) is 14.9. The van der Waals surface area contributed by atoms with Gasteiger partial charge in [0.2, 0.25) is 0 Å². The highest BCUT2D eigenvalue weighted by Gasteiger charge is 2.40. The predicted octanol–water partition coefficient (Wildman–Crippen LogP) is 13.2. The standard InChI is InChI=1S/C48H37N/c1-47(2)42-21-11-9-18-37(42)39-27-25-31(29-44(39)47)49(45-23-13-20-40-38-19-10-12-22-43(38)48(3,4)46(40)45)30-24-26-36-34-16-6-5-14-32(34)33-15-7-8-17-35(33)41(36)28-30/h5-29H,1-4H3. The van der Waals surface area contributed by atoms with Gasteiger partial charge in [0.15, 0.2) is 0 Å². The SMILES string of the molecule is CC1(C)c2ccccc2-c2ccc(N(c3ccc4c5ccccc5c5ccccc5c4c3)c3cccc4c3C(C)(C)c3ccccc3-4)cc21. The van der Waals surface area contributed by atoms with E-state index in [9.17, 15) is 0 Å². The van der Waals surface area contributed by atoms with Crippen molar-refractivity contribution < 1.29 is 0 Å². The summed E-state index contributed by atoms with van der Waals surface area (Å²) in [5.41, 5.74) is 14.2. The minimum absolute atomic E-state index is 0.0970. The summed E-state index contributed by atoms with van der Waals surface area (Å²) in [5.74, 6) is 0. The van der Waals surface area contributed by atoms with Crippen molar-refractivity contribution in [2.75, 3.05) is 4.90 Å². The Bertz CT molecular complexity index is 2640. The van der Waals surface area contributed by atoms with E-state index in [4.69, 9.17) is 0 Å². The van der Waals surface area contributed by atoms with E-state index in [0.717, 1.165) is 0 Å². The molecule has 0 saturated carbocycles. The van der Waals surface area contributed by atoms with Crippen LogP contribution in [0.4, 0.5) is 17.1 Å². The zero-order chi connectivity index (χ0) is 33.1. The van der Waals surface area contributed by atoms with Crippen LogP contribution in [0, 0.1) is 0 Å². The van der Waals surface area contributed by atoms with Gasteiger partial charge >= 0.3 is 0 Å². The van der Waals surface area contributed by atoms with Crippen LogP contribution in [-0.2, 0) is 10.8 Å². The van der Waals surface area contributed by atoms with E-state index in [1.165, 1.54) is 93.9 Å². The zero-order valence-electron chi connectivity index (χ0n) is 28.4. The summed E-state index contributed by atoms with van der Waals surface area (Å²) in [5, 5.41) is 7.74. The number of hydrogen-bond acceptors (Lipinski definition) is 1. The van der Waals surface area contributed by atoms with Gasteiger partial charge in [-0.05, 0) is 107 Å². The highest BCUT2D eigenvalue weighted by atomic mass is 15.1. The van der Waals surface area contributed by atoms with Gasteiger partial charge in [-0.3, -0.25) is 0 Å². The van der Waals surface area contributed by atoms with E-state index in [1.54, 1.807) is 0 Å². The normalized spacial score (nSPS) is 14.9. The summed E-state index contributed by atoms with van der Waals surface area (Å²) in [6.45, 7) is 9.53. The molecule has 10 rings (SSSR count). The van der Waals surface area contributed by atoms with Crippen LogP contribution in [-0.4, -0.2) is 0 Å². The first-order chi connectivity index (χ1) is 23.8. The first-order valence-electron chi connectivity index (χ1n) is 17.5. The Morgan fingerprint density at radius 3 is 1.49 bits per heavy atom. The Hall–Kier alpha value is -5.66. The van der Waals surface area contributed by atoms with Gasteiger partial charge in [0.25, 0.3) is 0 Å². The van der Waals surface area contributed by atoms with E-state index in [-0.39, 0.29) is 10.8 Å². The highest BCUT2D eigenvalue weighted by molar-refractivity contribution is 6.25. The molecule has 1 heteroatoms. The molecule has 0 atom stereocenters. The molecule has 2 aliphatic rings. The molecule has 8 aromatic carbocycles.